The van der Waals surface area contributed by atoms with Gasteiger partial charge in [0.25, 0.3) is 0 Å². The van der Waals surface area contributed by atoms with Crippen molar-refractivity contribution in [2.45, 2.75) is 72.2 Å². The van der Waals surface area contributed by atoms with E-state index in [0.717, 1.165) is 6.42 Å². The summed E-state index contributed by atoms with van der Waals surface area (Å²) in [5.74, 6) is 9.50. The van der Waals surface area contributed by atoms with Crippen molar-refractivity contribution < 1.29 is 5.11 Å². The first-order chi connectivity index (χ1) is 8.64. The molecule has 108 valence electrons. The maximum Gasteiger partial charge on any atom is 0.129 e. The monoisotopic (exact) mass is 278 g/mol. The molecule has 0 bridgehead atoms. The number of hydrogen-bond acceptors (Lipinski definition) is 1. The summed E-state index contributed by atoms with van der Waals surface area (Å²) in [4.78, 5) is 0. The van der Waals surface area contributed by atoms with Gasteiger partial charge in [0.15, 0.2) is 0 Å². The van der Waals surface area contributed by atoms with E-state index >= 15 is 0 Å². The topological polar surface area (TPSA) is 20.2 Å². The highest BCUT2D eigenvalue weighted by Crippen LogP contribution is 2.38. The van der Waals surface area contributed by atoms with Crippen molar-refractivity contribution in [3.63, 3.8) is 0 Å². The highest BCUT2D eigenvalue weighted by atomic mass is 28.3. The van der Waals surface area contributed by atoms with E-state index in [1.807, 2.05) is 20.8 Å². The minimum absolute atomic E-state index is 0.376. The Morgan fingerprint density at radius 3 is 1.95 bits per heavy atom. The Balaban J connectivity index is 0.000000711. The van der Waals surface area contributed by atoms with Gasteiger partial charge in [0.1, 0.15) is 13.7 Å². The number of rotatable bonds is 1. The molecule has 0 saturated heterocycles. The quantitative estimate of drug-likeness (QED) is 0.566. The molecule has 0 amide bonds. The van der Waals surface area contributed by atoms with Gasteiger partial charge in [0.05, 0.1) is 0 Å². The summed E-state index contributed by atoms with van der Waals surface area (Å²) >= 11 is 0. The molecule has 1 N–H and O–H groups in total. The first kappa shape index (κ1) is 18.3. The van der Waals surface area contributed by atoms with Crippen molar-refractivity contribution in [3.05, 3.63) is 0 Å². The Morgan fingerprint density at radius 1 is 1.11 bits per heavy atom. The third-order valence-electron chi connectivity index (χ3n) is 3.52. The van der Waals surface area contributed by atoms with E-state index in [1.165, 1.54) is 12.8 Å². The van der Waals surface area contributed by atoms with Gasteiger partial charge >= 0.3 is 0 Å². The highest BCUT2D eigenvalue weighted by Gasteiger charge is 2.37. The lowest BCUT2D eigenvalue weighted by atomic mass is 9.83. The minimum Gasteiger partial charge on any atom is -0.378 e. The van der Waals surface area contributed by atoms with E-state index in [9.17, 15) is 5.11 Å². The largest absolute Gasteiger partial charge is 0.378 e. The molecule has 0 aromatic rings. The molecule has 0 heterocycles. The van der Waals surface area contributed by atoms with Crippen molar-refractivity contribution in [1.29, 1.82) is 0 Å². The molecule has 1 nitrogen and oxygen atoms in total. The molecule has 0 aromatic carbocycles. The fourth-order valence-electron chi connectivity index (χ4n) is 2.39. The van der Waals surface area contributed by atoms with Crippen LogP contribution in [0.15, 0.2) is 0 Å². The molecule has 1 rings (SSSR count). The molecule has 19 heavy (non-hydrogen) atoms. The Morgan fingerprint density at radius 2 is 1.63 bits per heavy atom. The highest BCUT2D eigenvalue weighted by molar-refractivity contribution is 6.83. The molecule has 1 unspecified atom stereocenters. The van der Waals surface area contributed by atoms with Crippen LogP contribution >= 0.6 is 0 Å². The zero-order valence-corrected chi connectivity index (χ0v) is 14.7. The zero-order valence-electron chi connectivity index (χ0n) is 13.7. The lowest BCUT2D eigenvalue weighted by Crippen LogP contribution is -2.35. The SMILES string of the molecule is CC#CC.C[C@@H]1CCC[C@@H]1C(C)(O)C#C[Si](C)(C)C. The number of aliphatic hydroxyl groups is 1. The molecule has 0 aromatic heterocycles. The summed E-state index contributed by atoms with van der Waals surface area (Å²) < 4.78 is 0. The Bertz CT molecular complexity index is 375. The molecule has 1 aliphatic carbocycles. The van der Waals surface area contributed by atoms with Crippen LogP contribution in [0.3, 0.4) is 0 Å². The second-order valence-corrected chi connectivity index (χ2v) is 11.4. The average Bonchev–Trinajstić information content (AvgIpc) is 2.73. The zero-order chi connectivity index (χ0) is 15.1. The summed E-state index contributed by atoms with van der Waals surface area (Å²) in [5.41, 5.74) is 2.53. The van der Waals surface area contributed by atoms with Gasteiger partial charge in [-0.1, -0.05) is 45.3 Å². The molecule has 2 heteroatoms. The Labute approximate surface area is 121 Å². The molecule has 0 aliphatic heterocycles. The van der Waals surface area contributed by atoms with E-state index in [0.29, 0.717) is 11.8 Å². The number of hydrogen-bond donors (Lipinski definition) is 1. The third kappa shape index (κ3) is 7.46. The van der Waals surface area contributed by atoms with E-state index in [4.69, 9.17) is 0 Å². The van der Waals surface area contributed by atoms with Gasteiger partial charge in [0.2, 0.25) is 0 Å². The van der Waals surface area contributed by atoms with Crippen molar-refractivity contribution in [3.8, 4) is 23.3 Å². The summed E-state index contributed by atoms with van der Waals surface area (Å²) in [7, 11) is -1.36. The van der Waals surface area contributed by atoms with Gasteiger partial charge in [-0.25, -0.2) is 0 Å². The van der Waals surface area contributed by atoms with Crippen LogP contribution < -0.4 is 0 Å². The van der Waals surface area contributed by atoms with Gasteiger partial charge < -0.3 is 5.11 Å². The second-order valence-electron chi connectivity index (χ2n) is 6.66. The molecule has 0 spiro atoms. The smallest absolute Gasteiger partial charge is 0.129 e. The summed E-state index contributed by atoms with van der Waals surface area (Å²) in [6.07, 6.45) is 3.63. The van der Waals surface area contributed by atoms with E-state index in [1.54, 1.807) is 0 Å². The third-order valence-corrected chi connectivity index (χ3v) is 4.40. The minimum atomic E-state index is -1.36. The lowest BCUT2D eigenvalue weighted by Gasteiger charge is -2.28. The van der Waals surface area contributed by atoms with Crippen LogP contribution in [0.25, 0.3) is 0 Å². The van der Waals surface area contributed by atoms with Crippen molar-refractivity contribution in [2.24, 2.45) is 11.8 Å². The molecule has 1 aliphatic rings. The van der Waals surface area contributed by atoms with Gasteiger partial charge in [0, 0.05) is 5.92 Å². The molecule has 1 saturated carbocycles. The van der Waals surface area contributed by atoms with E-state index in [2.05, 4.69) is 49.9 Å². The Hall–Kier alpha value is -0.703. The van der Waals surface area contributed by atoms with Crippen LogP contribution in [0.5, 0.6) is 0 Å². The molecular weight excluding hydrogens is 248 g/mol. The maximum absolute atomic E-state index is 10.4. The summed E-state index contributed by atoms with van der Waals surface area (Å²) in [5, 5.41) is 10.4. The van der Waals surface area contributed by atoms with Gasteiger partial charge in [-0.15, -0.1) is 17.4 Å². The average molecular weight is 279 g/mol. The molecule has 0 radical (unpaired) electrons. The summed E-state index contributed by atoms with van der Waals surface area (Å²) in [6.45, 7) is 14.4. The van der Waals surface area contributed by atoms with Crippen LogP contribution in [0.1, 0.15) is 47.0 Å². The molecule has 1 fully saturated rings. The van der Waals surface area contributed by atoms with Crippen LogP contribution in [0.2, 0.25) is 19.6 Å². The normalized spacial score (nSPS) is 24.8. The first-order valence-corrected chi connectivity index (χ1v) is 10.7. The van der Waals surface area contributed by atoms with Crippen molar-refractivity contribution >= 4 is 8.07 Å². The van der Waals surface area contributed by atoms with Crippen molar-refractivity contribution in [1.82, 2.24) is 0 Å². The second kappa shape index (κ2) is 7.78. The van der Waals surface area contributed by atoms with Gasteiger partial charge in [-0.2, -0.15) is 0 Å². The van der Waals surface area contributed by atoms with E-state index in [-0.39, 0.29) is 0 Å². The molecule has 3 atom stereocenters. The van der Waals surface area contributed by atoms with Gasteiger partial charge in [-0.3, -0.25) is 0 Å². The maximum atomic E-state index is 10.4. The standard InChI is InChI=1S/C13H24OSi.C4H6/c1-11-7-6-8-12(11)13(2,14)9-10-15(3,4)5;1-3-4-2/h11-12,14H,6-8H2,1-5H3;1-2H3/t11-,12+,13?;/m1./s1. The van der Waals surface area contributed by atoms with Crippen molar-refractivity contribution in [2.75, 3.05) is 0 Å². The van der Waals surface area contributed by atoms with Gasteiger partial charge in [-0.05, 0) is 33.1 Å². The predicted molar refractivity (Wildman–Crippen MR) is 87.4 cm³/mol. The predicted octanol–water partition coefficient (Wildman–Crippen LogP) is 4.08. The first-order valence-electron chi connectivity index (χ1n) is 7.24. The van der Waals surface area contributed by atoms with Crippen LogP contribution in [0, 0.1) is 35.1 Å². The fourth-order valence-corrected chi connectivity index (χ4v) is 3.02. The lowest BCUT2D eigenvalue weighted by molar-refractivity contribution is 0.0404. The van der Waals surface area contributed by atoms with E-state index < -0.39 is 13.7 Å². The van der Waals surface area contributed by atoms with Crippen LogP contribution in [-0.4, -0.2) is 18.8 Å². The fraction of sp³-hybridized carbons (Fsp3) is 0.765. The van der Waals surface area contributed by atoms with Crippen LogP contribution in [0.4, 0.5) is 0 Å². The Kier molecular flexibility index (Phi) is 7.49. The molecular formula is C17H30OSi. The van der Waals surface area contributed by atoms with Crippen LogP contribution in [-0.2, 0) is 0 Å². The summed E-state index contributed by atoms with van der Waals surface area (Å²) in [6, 6.07) is 0.